The Morgan fingerprint density at radius 2 is 2.12 bits per heavy atom. The van der Waals surface area contributed by atoms with Crippen LogP contribution < -0.4 is 5.73 Å². The Labute approximate surface area is 104 Å². The fourth-order valence-corrected chi connectivity index (χ4v) is 2.40. The Bertz CT molecular complexity index is 229. The third kappa shape index (κ3) is 4.76. The molecule has 0 aliphatic heterocycles. The van der Waals surface area contributed by atoms with Crippen LogP contribution in [0.1, 0.15) is 33.1 Å². The summed E-state index contributed by atoms with van der Waals surface area (Å²) in [6.07, 6.45) is 3.46. The molecule has 0 atom stereocenters. The van der Waals surface area contributed by atoms with Crippen molar-refractivity contribution in [3.8, 4) is 0 Å². The van der Waals surface area contributed by atoms with Gasteiger partial charge in [0.1, 0.15) is 0 Å². The van der Waals surface area contributed by atoms with E-state index in [1.54, 1.807) is 0 Å². The lowest BCUT2D eigenvalue weighted by molar-refractivity contribution is 0.107. The van der Waals surface area contributed by atoms with Crippen LogP contribution in [0.2, 0.25) is 0 Å². The van der Waals surface area contributed by atoms with Gasteiger partial charge in [0.15, 0.2) is 0 Å². The van der Waals surface area contributed by atoms with Gasteiger partial charge < -0.3 is 15.4 Å². The van der Waals surface area contributed by atoms with Gasteiger partial charge in [-0.25, -0.2) is 0 Å². The first kappa shape index (κ1) is 13.9. The molecule has 1 saturated carbocycles. The second-order valence-corrected chi connectivity index (χ2v) is 5.23. The normalized spacial score (nSPS) is 17.7. The fourth-order valence-electron chi connectivity index (χ4n) is 2.10. The van der Waals surface area contributed by atoms with Crippen molar-refractivity contribution in [2.75, 3.05) is 32.8 Å². The molecule has 1 fully saturated rings. The van der Waals surface area contributed by atoms with Crippen LogP contribution >= 0.6 is 12.2 Å². The average molecular weight is 244 g/mol. The second-order valence-electron chi connectivity index (χ2n) is 4.71. The molecule has 2 N–H and O–H groups in total. The predicted molar refractivity (Wildman–Crippen MR) is 71.7 cm³/mol. The summed E-state index contributed by atoms with van der Waals surface area (Å²) in [5.41, 5.74) is 6.04. The number of nitrogens with two attached hydrogens (primary N) is 1. The summed E-state index contributed by atoms with van der Waals surface area (Å²) in [6, 6.07) is 0. The minimum absolute atomic E-state index is 0.397. The maximum absolute atomic E-state index is 5.65. The number of likely N-dealkylation sites (N-methyl/N-ethyl adjacent to an activating group) is 1. The third-order valence-corrected chi connectivity index (χ3v) is 3.41. The van der Waals surface area contributed by atoms with Crippen molar-refractivity contribution in [1.82, 2.24) is 4.90 Å². The number of ether oxygens (including phenoxy) is 1. The second kappa shape index (κ2) is 6.52. The molecule has 1 rings (SSSR count). The number of thiocarbonyl (C=S) groups is 1. The predicted octanol–water partition coefficient (Wildman–Crippen LogP) is 1.80. The summed E-state index contributed by atoms with van der Waals surface area (Å²) in [7, 11) is 0. The molecule has 1 aliphatic carbocycles. The van der Waals surface area contributed by atoms with Gasteiger partial charge in [0.25, 0.3) is 0 Å². The molecule has 0 bridgehead atoms. The van der Waals surface area contributed by atoms with Crippen molar-refractivity contribution in [3.05, 3.63) is 0 Å². The van der Waals surface area contributed by atoms with E-state index >= 15 is 0 Å². The van der Waals surface area contributed by atoms with Crippen molar-refractivity contribution in [2.24, 2.45) is 11.1 Å². The van der Waals surface area contributed by atoms with Crippen molar-refractivity contribution in [1.29, 1.82) is 0 Å². The molecule has 0 aromatic heterocycles. The van der Waals surface area contributed by atoms with Crippen molar-refractivity contribution in [3.63, 3.8) is 0 Å². The van der Waals surface area contributed by atoms with Crippen LogP contribution in [0, 0.1) is 5.41 Å². The summed E-state index contributed by atoms with van der Waals surface area (Å²) in [6.45, 7) is 9.07. The largest absolute Gasteiger partial charge is 0.393 e. The number of hydrogen-bond donors (Lipinski definition) is 1. The molecule has 3 nitrogen and oxygen atoms in total. The van der Waals surface area contributed by atoms with Gasteiger partial charge in [-0.3, -0.25) is 0 Å². The highest BCUT2D eigenvalue weighted by Crippen LogP contribution is 2.49. The van der Waals surface area contributed by atoms with Gasteiger partial charge in [-0.15, -0.1) is 0 Å². The number of hydrogen-bond acceptors (Lipinski definition) is 3. The summed E-state index contributed by atoms with van der Waals surface area (Å²) < 4.78 is 5.39. The minimum atomic E-state index is 0.397. The number of rotatable bonds is 9. The first-order valence-electron chi connectivity index (χ1n) is 6.20. The molecule has 94 valence electrons. The maximum Gasteiger partial charge on any atom is 0.0733 e. The van der Waals surface area contributed by atoms with E-state index in [-0.39, 0.29) is 0 Å². The monoisotopic (exact) mass is 244 g/mol. The van der Waals surface area contributed by atoms with Gasteiger partial charge in [-0.1, -0.05) is 19.1 Å². The van der Waals surface area contributed by atoms with Gasteiger partial charge in [-0.05, 0) is 31.7 Å². The van der Waals surface area contributed by atoms with Crippen LogP contribution in [0.25, 0.3) is 0 Å². The average Bonchev–Trinajstić information content (AvgIpc) is 2.96. The van der Waals surface area contributed by atoms with Crippen molar-refractivity contribution in [2.45, 2.75) is 33.1 Å². The van der Waals surface area contributed by atoms with Crippen LogP contribution in [-0.2, 0) is 4.74 Å². The highest BCUT2D eigenvalue weighted by Gasteiger charge is 2.43. The zero-order valence-corrected chi connectivity index (χ0v) is 11.3. The molecule has 0 aromatic rings. The molecule has 0 spiro atoms. The molecule has 4 heteroatoms. The van der Waals surface area contributed by atoms with Gasteiger partial charge in [0.2, 0.25) is 0 Å². The van der Waals surface area contributed by atoms with E-state index in [4.69, 9.17) is 22.7 Å². The Balaban J connectivity index is 2.29. The highest BCUT2D eigenvalue weighted by molar-refractivity contribution is 7.80. The van der Waals surface area contributed by atoms with Crippen LogP contribution in [0.3, 0.4) is 0 Å². The lowest BCUT2D eigenvalue weighted by Gasteiger charge is -2.26. The third-order valence-electron chi connectivity index (χ3n) is 3.27. The van der Waals surface area contributed by atoms with E-state index in [0.29, 0.717) is 10.4 Å². The molecule has 0 amide bonds. The molecular weight excluding hydrogens is 220 g/mol. The summed E-state index contributed by atoms with van der Waals surface area (Å²) in [5.74, 6) is 0. The van der Waals surface area contributed by atoms with E-state index in [1.165, 1.54) is 12.8 Å². The lowest BCUT2D eigenvalue weighted by atomic mass is 10.0. The molecule has 1 aliphatic rings. The zero-order valence-electron chi connectivity index (χ0n) is 10.5. The van der Waals surface area contributed by atoms with Crippen LogP contribution in [0.4, 0.5) is 0 Å². The number of nitrogens with zero attached hydrogens (tertiary/aromatic N) is 1. The van der Waals surface area contributed by atoms with E-state index in [0.717, 1.165) is 39.3 Å². The topological polar surface area (TPSA) is 38.5 Å². The fraction of sp³-hybridized carbons (Fsp3) is 0.917. The molecule has 0 aromatic carbocycles. The Morgan fingerprint density at radius 3 is 2.56 bits per heavy atom. The lowest BCUT2D eigenvalue weighted by Crippen LogP contribution is -2.34. The van der Waals surface area contributed by atoms with Gasteiger partial charge >= 0.3 is 0 Å². The first-order chi connectivity index (χ1) is 7.62. The van der Waals surface area contributed by atoms with Gasteiger partial charge in [0, 0.05) is 26.1 Å². The standard InChI is InChI=1S/C12H24N2OS/c1-3-14(7-8-15-4-2)10-12(5-6-12)9-11(13)16/h3-10H2,1-2H3,(H2,13,16). The van der Waals surface area contributed by atoms with Crippen LogP contribution in [0.15, 0.2) is 0 Å². The minimum Gasteiger partial charge on any atom is -0.393 e. The van der Waals surface area contributed by atoms with Crippen molar-refractivity contribution >= 4 is 17.2 Å². The quantitative estimate of drug-likeness (QED) is 0.496. The Kier molecular flexibility index (Phi) is 5.66. The highest BCUT2D eigenvalue weighted by atomic mass is 32.1. The smallest absolute Gasteiger partial charge is 0.0733 e. The molecule has 0 unspecified atom stereocenters. The van der Waals surface area contributed by atoms with E-state index in [2.05, 4.69) is 11.8 Å². The summed E-state index contributed by atoms with van der Waals surface area (Å²) in [5, 5.41) is 0. The molecular formula is C12H24N2OS. The summed E-state index contributed by atoms with van der Waals surface area (Å²) in [4.78, 5) is 3.11. The summed E-state index contributed by atoms with van der Waals surface area (Å²) >= 11 is 5.01. The van der Waals surface area contributed by atoms with E-state index < -0.39 is 0 Å². The van der Waals surface area contributed by atoms with Crippen molar-refractivity contribution < 1.29 is 4.74 Å². The SMILES string of the molecule is CCOCCN(CC)CC1(CC(N)=S)CC1. The maximum atomic E-state index is 5.65. The van der Waals surface area contributed by atoms with Gasteiger partial charge in [0.05, 0.1) is 11.6 Å². The molecule has 0 radical (unpaired) electrons. The van der Waals surface area contributed by atoms with Crippen LogP contribution in [0.5, 0.6) is 0 Å². The van der Waals surface area contributed by atoms with Gasteiger partial charge in [-0.2, -0.15) is 0 Å². The van der Waals surface area contributed by atoms with E-state index in [9.17, 15) is 0 Å². The van der Waals surface area contributed by atoms with Crippen LogP contribution in [-0.4, -0.2) is 42.7 Å². The Hall–Kier alpha value is -0.190. The zero-order chi connectivity index (χ0) is 12.0. The van der Waals surface area contributed by atoms with E-state index in [1.807, 2.05) is 6.92 Å². The molecule has 0 saturated heterocycles. The molecule has 0 heterocycles. The molecule has 16 heavy (non-hydrogen) atoms. The Morgan fingerprint density at radius 1 is 1.44 bits per heavy atom. The first-order valence-corrected chi connectivity index (χ1v) is 6.61.